The van der Waals surface area contributed by atoms with Crippen LogP contribution in [0.25, 0.3) is 0 Å². The number of aliphatic hydroxyl groups is 1. The largest absolute Gasteiger partial charge is 0.387 e. The molecule has 0 aliphatic carbocycles. The van der Waals surface area contributed by atoms with Crippen molar-refractivity contribution in [2.45, 2.75) is 25.4 Å². The van der Waals surface area contributed by atoms with Crippen LogP contribution >= 0.6 is 11.3 Å². The van der Waals surface area contributed by atoms with Gasteiger partial charge >= 0.3 is 0 Å². The average molecular weight is 289 g/mol. The molecule has 3 nitrogen and oxygen atoms in total. The lowest BCUT2D eigenvalue weighted by Gasteiger charge is -2.14. The zero-order valence-corrected chi connectivity index (χ0v) is 12.3. The van der Waals surface area contributed by atoms with Crippen LogP contribution < -0.4 is 5.32 Å². The van der Waals surface area contributed by atoms with Crippen molar-refractivity contribution in [1.29, 1.82) is 0 Å². The molecule has 2 aromatic rings. The fraction of sp³-hybridized carbons (Fsp3) is 0.312. The van der Waals surface area contributed by atoms with Gasteiger partial charge in [-0.3, -0.25) is 4.79 Å². The van der Waals surface area contributed by atoms with Crippen molar-refractivity contribution in [2.75, 3.05) is 6.54 Å². The van der Waals surface area contributed by atoms with Gasteiger partial charge in [0.1, 0.15) is 0 Å². The quantitative estimate of drug-likeness (QED) is 0.858. The Morgan fingerprint density at radius 3 is 2.65 bits per heavy atom. The van der Waals surface area contributed by atoms with Crippen molar-refractivity contribution in [1.82, 2.24) is 5.32 Å². The molecule has 1 heterocycles. The second kappa shape index (κ2) is 7.22. The number of benzene rings is 1. The van der Waals surface area contributed by atoms with Crippen LogP contribution in [0.4, 0.5) is 0 Å². The summed E-state index contributed by atoms with van der Waals surface area (Å²) in [4.78, 5) is 11.9. The Hall–Kier alpha value is -1.65. The molecule has 2 atom stereocenters. The summed E-state index contributed by atoms with van der Waals surface area (Å²) in [6.07, 6.45) is -0.197. The average Bonchev–Trinajstić information content (AvgIpc) is 3.00. The van der Waals surface area contributed by atoms with E-state index in [1.807, 2.05) is 54.1 Å². The summed E-state index contributed by atoms with van der Waals surface area (Å²) in [5.41, 5.74) is 2.01. The van der Waals surface area contributed by atoms with Crippen molar-refractivity contribution in [3.63, 3.8) is 0 Å². The van der Waals surface area contributed by atoms with Crippen molar-refractivity contribution in [3.05, 3.63) is 58.3 Å². The zero-order valence-electron chi connectivity index (χ0n) is 11.5. The first-order chi connectivity index (χ1) is 9.66. The lowest BCUT2D eigenvalue weighted by atomic mass is 9.97. The Labute approximate surface area is 123 Å². The molecular weight excluding hydrogens is 270 g/mol. The second-order valence-electron chi connectivity index (χ2n) is 4.89. The highest BCUT2D eigenvalue weighted by Crippen LogP contribution is 2.19. The molecule has 1 aromatic carbocycles. The Balaban J connectivity index is 1.78. The molecule has 2 rings (SSSR count). The smallest absolute Gasteiger partial charge is 0.220 e. The highest BCUT2D eigenvalue weighted by atomic mass is 32.1. The maximum Gasteiger partial charge on any atom is 0.220 e. The van der Waals surface area contributed by atoms with E-state index in [2.05, 4.69) is 5.32 Å². The molecule has 2 unspecified atom stereocenters. The van der Waals surface area contributed by atoms with Crippen molar-refractivity contribution in [3.8, 4) is 0 Å². The van der Waals surface area contributed by atoms with Gasteiger partial charge in [0.05, 0.1) is 6.10 Å². The highest BCUT2D eigenvalue weighted by Gasteiger charge is 2.13. The SMILES string of the molecule is CC(CC(=O)NCC(O)c1ccsc1)c1ccccc1. The fourth-order valence-electron chi connectivity index (χ4n) is 2.04. The van der Waals surface area contributed by atoms with E-state index in [1.165, 1.54) is 11.3 Å². The second-order valence-corrected chi connectivity index (χ2v) is 5.67. The number of amides is 1. The Morgan fingerprint density at radius 1 is 1.25 bits per heavy atom. The first-order valence-corrected chi connectivity index (χ1v) is 7.63. The van der Waals surface area contributed by atoms with E-state index in [-0.39, 0.29) is 18.4 Å². The van der Waals surface area contributed by atoms with Crippen LogP contribution in [0.2, 0.25) is 0 Å². The minimum Gasteiger partial charge on any atom is -0.387 e. The molecule has 106 valence electrons. The predicted octanol–water partition coefficient (Wildman–Crippen LogP) is 3.09. The topological polar surface area (TPSA) is 49.3 Å². The molecule has 0 radical (unpaired) electrons. The van der Waals surface area contributed by atoms with Gasteiger partial charge in [0.2, 0.25) is 5.91 Å². The Morgan fingerprint density at radius 2 is 2.00 bits per heavy atom. The van der Waals surface area contributed by atoms with Crippen molar-refractivity contribution < 1.29 is 9.90 Å². The monoisotopic (exact) mass is 289 g/mol. The fourth-order valence-corrected chi connectivity index (χ4v) is 2.75. The van der Waals surface area contributed by atoms with Crippen LogP contribution in [0.15, 0.2) is 47.2 Å². The molecule has 1 aromatic heterocycles. The molecule has 0 aliphatic rings. The Bertz CT molecular complexity index is 525. The predicted molar refractivity (Wildman–Crippen MR) is 81.8 cm³/mol. The number of rotatable bonds is 6. The third-order valence-electron chi connectivity index (χ3n) is 3.28. The van der Waals surface area contributed by atoms with Gasteiger partial charge in [-0.05, 0) is 33.9 Å². The number of hydrogen-bond donors (Lipinski definition) is 2. The number of aliphatic hydroxyl groups excluding tert-OH is 1. The summed E-state index contributed by atoms with van der Waals surface area (Å²) in [5, 5.41) is 16.5. The molecule has 1 amide bonds. The molecule has 0 saturated carbocycles. The first kappa shape index (κ1) is 14.8. The van der Waals surface area contributed by atoms with Gasteiger partial charge < -0.3 is 10.4 Å². The molecule has 0 spiro atoms. The van der Waals surface area contributed by atoms with Crippen LogP contribution in [0.1, 0.15) is 36.5 Å². The van der Waals surface area contributed by atoms with Crippen LogP contribution in [0, 0.1) is 0 Å². The molecular formula is C16H19NO2S. The number of hydrogen-bond acceptors (Lipinski definition) is 3. The van der Waals surface area contributed by atoms with Crippen LogP contribution in [0.5, 0.6) is 0 Å². The van der Waals surface area contributed by atoms with Gasteiger partial charge in [-0.2, -0.15) is 11.3 Å². The number of nitrogens with one attached hydrogen (secondary N) is 1. The molecule has 0 saturated heterocycles. The minimum atomic E-state index is -0.628. The summed E-state index contributed by atoms with van der Waals surface area (Å²) >= 11 is 1.54. The number of thiophene rings is 1. The van der Waals surface area contributed by atoms with Crippen LogP contribution in [-0.2, 0) is 4.79 Å². The van der Waals surface area contributed by atoms with E-state index in [0.717, 1.165) is 11.1 Å². The van der Waals surface area contributed by atoms with E-state index >= 15 is 0 Å². The molecule has 0 bridgehead atoms. The summed E-state index contributed by atoms with van der Waals surface area (Å²) in [6.45, 7) is 2.29. The highest BCUT2D eigenvalue weighted by molar-refractivity contribution is 7.07. The third-order valence-corrected chi connectivity index (χ3v) is 3.98. The maximum absolute atomic E-state index is 11.9. The zero-order chi connectivity index (χ0) is 14.4. The molecule has 0 aliphatic heterocycles. The van der Waals surface area contributed by atoms with Crippen molar-refractivity contribution in [2.24, 2.45) is 0 Å². The van der Waals surface area contributed by atoms with E-state index < -0.39 is 6.10 Å². The third kappa shape index (κ3) is 4.18. The van der Waals surface area contributed by atoms with Crippen LogP contribution in [-0.4, -0.2) is 17.6 Å². The summed E-state index contributed by atoms with van der Waals surface area (Å²) < 4.78 is 0. The van der Waals surface area contributed by atoms with Crippen molar-refractivity contribution >= 4 is 17.2 Å². The molecule has 2 N–H and O–H groups in total. The van der Waals surface area contributed by atoms with Gasteiger partial charge in [0, 0.05) is 13.0 Å². The summed E-state index contributed by atoms with van der Waals surface area (Å²) in [5.74, 6) is 0.144. The van der Waals surface area contributed by atoms with E-state index in [9.17, 15) is 9.90 Å². The normalized spacial score (nSPS) is 13.7. The van der Waals surface area contributed by atoms with E-state index in [4.69, 9.17) is 0 Å². The lowest BCUT2D eigenvalue weighted by Crippen LogP contribution is -2.29. The molecule has 4 heteroatoms. The van der Waals surface area contributed by atoms with E-state index in [1.54, 1.807) is 0 Å². The standard InChI is InChI=1S/C16H19NO2S/c1-12(13-5-3-2-4-6-13)9-16(19)17-10-15(18)14-7-8-20-11-14/h2-8,11-12,15,18H,9-10H2,1H3,(H,17,19). The number of carbonyl (C=O) groups excluding carboxylic acids is 1. The van der Waals surface area contributed by atoms with Gasteiger partial charge in [-0.25, -0.2) is 0 Å². The number of carbonyl (C=O) groups is 1. The first-order valence-electron chi connectivity index (χ1n) is 6.68. The summed E-state index contributed by atoms with van der Waals surface area (Å²) in [7, 11) is 0. The van der Waals surface area contributed by atoms with E-state index in [0.29, 0.717) is 6.42 Å². The van der Waals surface area contributed by atoms with Gasteiger partial charge in [-0.15, -0.1) is 0 Å². The summed E-state index contributed by atoms with van der Waals surface area (Å²) in [6, 6.07) is 11.8. The molecule has 0 fully saturated rings. The van der Waals surface area contributed by atoms with Crippen LogP contribution in [0.3, 0.4) is 0 Å². The van der Waals surface area contributed by atoms with Gasteiger partial charge in [-0.1, -0.05) is 37.3 Å². The minimum absolute atomic E-state index is 0.0318. The Kier molecular flexibility index (Phi) is 5.32. The van der Waals surface area contributed by atoms with Gasteiger partial charge in [0.15, 0.2) is 0 Å². The van der Waals surface area contributed by atoms with Gasteiger partial charge in [0.25, 0.3) is 0 Å². The maximum atomic E-state index is 11.9. The molecule has 20 heavy (non-hydrogen) atoms. The lowest BCUT2D eigenvalue weighted by molar-refractivity contribution is -0.121.